The van der Waals surface area contributed by atoms with Crippen molar-refractivity contribution in [2.45, 2.75) is 51.7 Å². The summed E-state index contributed by atoms with van der Waals surface area (Å²) in [5.74, 6) is 2.02. The summed E-state index contributed by atoms with van der Waals surface area (Å²) in [6.45, 7) is 10.2. The number of thiophene rings is 1. The molecule has 2 fully saturated rings. The lowest BCUT2D eigenvalue weighted by Gasteiger charge is -2.36. The van der Waals surface area contributed by atoms with Crippen LogP contribution < -0.4 is 9.80 Å². The molecule has 6 heterocycles. The van der Waals surface area contributed by atoms with Crippen LogP contribution in [0, 0.1) is 0 Å². The van der Waals surface area contributed by atoms with Crippen LogP contribution in [-0.2, 0) is 22.5 Å². The SMILES string of the molecule is CC1(C)Cc2c(c(N3CCOCC3)nc3sc4c(N5CCCCC5)nnnc4c23)CO1. The summed E-state index contributed by atoms with van der Waals surface area (Å²) in [7, 11) is 0. The van der Waals surface area contributed by atoms with Gasteiger partial charge in [-0.05, 0) is 43.9 Å². The summed E-state index contributed by atoms with van der Waals surface area (Å²) in [4.78, 5) is 10.9. The van der Waals surface area contributed by atoms with E-state index >= 15 is 0 Å². The first-order valence-corrected chi connectivity index (χ1v) is 12.1. The molecular weight excluding hydrogens is 412 g/mol. The van der Waals surface area contributed by atoms with E-state index in [1.807, 2.05) is 0 Å². The number of piperidine rings is 1. The van der Waals surface area contributed by atoms with Gasteiger partial charge in [0, 0.05) is 43.5 Å². The molecule has 0 bridgehead atoms. The molecular formula is C22H28N6O2S. The van der Waals surface area contributed by atoms with Gasteiger partial charge in [-0.25, -0.2) is 4.98 Å². The largest absolute Gasteiger partial charge is 0.378 e. The van der Waals surface area contributed by atoms with Gasteiger partial charge in [0.15, 0.2) is 5.82 Å². The van der Waals surface area contributed by atoms with E-state index in [-0.39, 0.29) is 5.60 Å². The number of morpholine rings is 1. The van der Waals surface area contributed by atoms with E-state index < -0.39 is 0 Å². The molecule has 0 amide bonds. The summed E-state index contributed by atoms with van der Waals surface area (Å²) in [6, 6.07) is 0. The molecule has 9 heteroatoms. The van der Waals surface area contributed by atoms with Gasteiger partial charge in [0.05, 0.1) is 25.4 Å². The molecule has 3 aromatic heterocycles. The summed E-state index contributed by atoms with van der Waals surface area (Å²) >= 11 is 1.72. The summed E-state index contributed by atoms with van der Waals surface area (Å²) in [6.07, 6.45) is 4.54. The van der Waals surface area contributed by atoms with Crippen molar-refractivity contribution in [3.05, 3.63) is 11.1 Å². The quantitative estimate of drug-likeness (QED) is 0.601. The van der Waals surface area contributed by atoms with Crippen LogP contribution >= 0.6 is 11.3 Å². The lowest BCUT2D eigenvalue weighted by atomic mass is 9.90. The Balaban J connectivity index is 1.58. The smallest absolute Gasteiger partial charge is 0.172 e. The van der Waals surface area contributed by atoms with Crippen LogP contribution in [0.1, 0.15) is 44.2 Å². The van der Waals surface area contributed by atoms with Crippen LogP contribution in [0.2, 0.25) is 0 Å². The van der Waals surface area contributed by atoms with Gasteiger partial charge >= 0.3 is 0 Å². The lowest BCUT2D eigenvalue weighted by Crippen LogP contribution is -2.39. The number of nitrogens with zero attached hydrogens (tertiary/aromatic N) is 6. The molecule has 0 atom stereocenters. The van der Waals surface area contributed by atoms with Crippen molar-refractivity contribution in [3.8, 4) is 0 Å². The average molecular weight is 441 g/mol. The zero-order chi connectivity index (χ0) is 21.0. The number of anilines is 2. The third-order valence-electron chi connectivity index (χ3n) is 6.67. The minimum Gasteiger partial charge on any atom is -0.378 e. The number of fused-ring (bicyclic) bond motifs is 5. The second-order valence-corrected chi connectivity index (χ2v) is 10.3. The molecule has 8 nitrogen and oxygen atoms in total. The molecule has 0 aliphatic carbocycles. The maximum Gasteiger partial charge on any atom is 0.172 e. The van der Waals surface area contributed by atoms with E-state index in [2.05, 4.69) is 39.1 Å². The van der Waals surface area contributed by atoms with Crippen molar-refractivity contribution in [2.75, 3.05) is 49.2 Å². The van der Waals surface area contributed by atoms with Crippen molar-refractivity contribution in [3.63, 3.8) is 0 Å². The van der Waals surface area contributed by atoms with Gasteiger partial charge in [-0.1, -0.05) is 0 Å². The summed E-state index contributed by atoms with van der Waals surface area (Å²) < 4.78 is 12.9. The van der Waals surface area contributed by atoms with E-state index in [4.69, 9.17) is 14.5 Å². The fourth-order valence-corrected chi connectivity index (χ4v) is 6.20. The van der Waals surface area contributed by atoms with Crippen molar-refractivity contribution in [1.82, 2.24) is 20.4 Å². The molecule has 0 N–H and O–H groups in total. The molecule has 0 saturated carbocycles. The molecule has 6 rings (SSSR count). The lowest BCUT2D eigenvalue weighted by molar-refractivity contribution is -0.0396. The molecule has 0 unspecified atom stereocenters. The van der Waals surface area contributed by atoms with E-state index in [1.54, 1.807) is 11.3 Å². The number of hydrogen-bond acceptors (Lipinski definition) is 9. The van der Waals surface area contributed by atoms with Gasteiger partial charge < -0.3 is 19.3 Å². The minimum absolute atomic E-state index is 0.214. The van der Waals surface area contributed by atoms with E-state index in [0.29, 0.717) is 6.61 Å². The molecule has 3 aromatic rings. The van der Waals surface area contributed by atoms with Gasteiger partial charge in [-0.15, -0.1) is 21.5 Å². The Morgan fingerprint density at radius 3 is 2.48 bits per heavy atom. The Morgan fingerprint density at radius 1 is 0.903 bits per heavy atom. The number of pyridine rings is 1. The Hall–Kier alpha value is -2.10. The third kappa shape index (κ3) is 3.34. The average Bonchev–Trinajstić information content (AvgIpc) is 3.18. The van der Waals surface area contributed by atoms with Crippen molar-refractivity contribution >= 4 is 43.4 Å². The third-order valence-corrected chi connectivity index (χ3v) is 7.74. The first-order chi connectivity index (χ1) is 15.1. The van der Waals surface area contributed by atoms with Crippen LogP contribution in [0.15, 0.2) is 0 Å². The highest BCUT2D eigenvalue weighted by molar-refractivity contribution is 7.26. The number of aromatic nitrogens is 4. The van der Waals surface area contributed by atoms with Crippen molar-refractivity contribution in [1.29, 1.82) is 0 Å². The predicted octanol–water partition coefficient (Wildman–Crippen LogP) is 3.31. The van der Waals surface area contributed by atoms with Crippen LogP contribution in [0.4, 0.5) is 11.6 Å². The topological polar surface area (TPSA) is 76.5 Å². The maximum atomic E-state index is 6.23. The molecule has 2 saturated heterocycles. The van der Waals surface area contributed by atoms with Crippen molar-refractivity contribution < 1.29 is 9.47 Å². The van der Waals surface area contributed by atoms with Crippen LogP contribution in [0.25, 0.3) is 20.4 Å². The van der Waals surface area contributed by atoms with Gasteiger partial charge in [-0.3, -0.25) is 0 Å². The highest BCUT2D eigenvalue weighted by atomic mass is 32.1. The van der Waals surface area contributed by atoms with E-state index in [9.17, 15) is 0 Å². The maximum absolute atomic E-state index is 6.23. The number of rotatable bonds is 2. The summed E-state index contributed by atoms with van der Waals surface area (Å²) in [5.41, 5.74) is 3.25. The molecule has 164 valence electrons. The van der Waals surface area contributed by atoms with Crippen LogP contribution in [0.5, 0.6) is 0 Å². The normalized spacial score (nSPS) is 21.6. The minimum atomic E-state index is -0.214. The Labute approximate surface area is 185 Å². The van der Waals surface area contributed by atoms with Crippen molar-refractivity contribution in [2.24, 2.45) is 0 Å². The zero-order valence-corrected chi connectivity index (χ0v) is 19.0. The standard InChI is InChI=1S/C22H28N6O2S/c1-22(2)12-14-15(13-30-22)19(28-8-10-29-11-9-28)23-21-16(14)17-18(31-21)20(25-26-24-17)27-6-4-3-5-7-27/h3-13H2,1-2H3. The Kier molecular flexibility index (Phi) is 4.73. The number of ether oxygens (including phenoxy) is 2. The van der Waals surface area contributed by atoms with Crippen LogP contribution in [-0.4, -0.2) is 65.4 Å². The van der Waals surface area contributed by atoms with E-state index in [1.165, 1.54) is 30.4 Å². The fraction of sp³-hybridized carbons (Fsp3) is 0.636. The second kappa shape index (κ2) is 7.50. The zero-order valence-electron chi connectivity index (χ0n) is 18.2. The molecule has 0 radical (unpaired) electrons. The molecule has 0 spiro atoms. The molecule has 3 aliphatic rings. The Morgan fingerprint density at radius 2 is 1.68 bits per heavy atom. The highest BCUT2D eigenvalue weighted by Gasteiger charge is 2.34. The monoisotopic (exact) mass is 440 g/mol. The van der Waals surface area contributed by atoms with Crippen LogP contribution in [0.3, 0.4) is 0 Å². The fourth-order valence-electron chi connectivity index (χ4n) is 5.05. The predicted molar refractivity (Wildman–Crippen MR) is 122 cm³/mol. The first kappa shape index (κ1) is 19.6. The van der Waals surface area contributed by atoms with Gasteiger partial charge in [0.2, 0.25) is 0 Å². The summed E-state index contributed by atoms with van der Waals surface area (Å²) in [5, 5.41) is 14.3. The van der Waals surface area contributed by atoms with Gasteiger partial charge in [0.25, 0.3) is 0 Å². The second-order valence-electron chi connectivity index (χ2n) is 9.34. The van der Waals surface area contributed by atoms with Gasteiger partial charge in [0.1, 0.15) is 20.9 Å². The molecule has 3 aliphatic heterocycles. The first-order valence-electron chi connectivity index (χ1n) is 11.3. The highest BCUT2D eigenvalue weighted by Crippen LogP contribution is 2.44. The van der Waals surface area contributed by atoms with Gasteiger partial charge in [-0.2, -0.15) is 0 Å². The molecule has 31 heavy (non-hydrogen) atoms. The van der Waals surface area contributed by atoms with E-state index in [0.717, 1.165) is 77.9 Å². The number of hydrogen-bond donors (Lipinski definition) is 0. The Bertz CT molecular complexity index is 1130. The molecule has 0 aromatic carbocycles.